The maximum absolute atomic E-state index is 13.2. The number of hydrogen-bond donors (Lipinski definition) is 1. The van der Waals surface area contributed by atoms with E-state index < -0.39 is 17.7 Å². The van der Waals surface area contributed by atoms with Gasteiger partial charge in [0, 0.05) is 18.0 Å². The molecule has 0 bridgehead atoms. The van der Waals surface area contributed by atoms with E-state index in [1.807, 2.05) is 6.92 Å². The van der Waals surface area contributed by atoms with Gasteiger partial charge in [-0.15, -0.1) is 0 Å². The number of carboxylic acids is 1. The first-order valence-electron chi connectivity index (χ1n) is 10.2. The number of aromatic carboxylic acids is 1. The fourth-order valence-electron chi connectivity index (χ4n) is 3.21. The third-order valence-electron chi connectivity index (χ3n) is 4.85. The van der Waals surface area contributed by atoms with Crippen molar-refractivity contribution in [1.29, 1.82) is 0 Å². The van der Waals surface area contributed by atoms with Crippen molar-refractivity contribution in [3.63, 3.8) is 0 Å². The highest BCUT2D eigenvalue weighted by Gasteiger charge is 2.30. The summed E-state index contributed by atoms with van der Waals surface area (Å²) in [6, 6.07) is 10.3. The maximum atomic E-state index is 13.2. The molecule has 0 saturated heterocycles. The van der Waals surface area contributed by atoms with Crippen LogP contribution in [0.2, 0.25) is 0 Å². The molecule has 0 spiro atoms. The van der Waals surface area contributed by atoms with Crippen molar-refractivity contribution in [3.05, 3.63) is 94.6 Å². The van der Waals surface area contributed by atoms with E-state index in [2.05, 4.69) is 5.16 Å². The van der Waals surface area contributed by atoms with E-state index in [-0.39, 0.29) is 24.3 Å². The lowest BCUT2D eigenvalue weighted by Crippen LogP contribution is -2.12. The Morgan fingerprint density at radius 1 is 1.06 bits per heavy atom. The third-order valence-corrected chi connectivity index (χ3v) is 4.85. The molecule has 0 saturated carbocycles. The highest BCUT2D eigenvalue weighted by Crippen LogP contribution is 2.29. The van der Waals surface area contributed by atoms with Gasteiger partial charge in [-0.25, -0.2) is 9.18 Å². The Morgan fingerprint density at radius 2 is 1.73 bits per heavy atom. The summed E-state index contributed by atoms with van der Waals surface area (Å²) in [5, 5.41) is 13.7. The first-order chi connectivity index (χ1) is 15.7. The second-order valence-corrected chi connectivity index (χ2v) is 7.42. The van der Waals surface area contributed by atoms with E-state index in [0.29, 0.717) is 29.9 Å². The number of nitrogens with zero attached hydrogens (tertiary/aromatic N) is 2. The molecule has 0 unspecified atom stereocenters. The van der Waals surface area contributed by atoms with Crippen LogP contribution in [0.3, 0.4) is 0 Å². The highest BCUT2D eigenvalue weighted by atomic mass is 19.4. The van der Waals surface area contributed by atoms with Crippen LogP contribution in [-0.4, -0.2) is 28.0 Å². The molecule has 2 aromatic carbocycles. The molecule has 0 fully saturated rings. The standard InChI is InChI=1S/C24H22F4N2O3/c1-2-11-33-29-22(17-5-7-19(8-6-17)24(26,27)28)15-30-13-18(21(14-30)23(31)32)12-16-3-9-20(25)10-4-16/h3-10,13-14H,2,11-12,15H2,1H3,(H,31,32)/b29-22+. The second-order valence-electron chi connectivity index (χ2n) is 7.42. The van der Waals surface area contributed by atoms with Crippen molar-refractivity contribution in [1.82, 2.24) is 4.57 Å². The molecule has 3 aromatic rings. The molecule has 174 valence electrons. The lowest BCUT2D eigenvalue weighted by atomic mass is 10.0. The normalized spacial score (nSPS) is 12.1. The second kappa shape index (κ2) is 10.3. The predicted octanol–water partition coefficient (Wildman–Crippen LogP) is 5.77. The molecule has 1 N–H and O–H groups in total. The minimum Gasteiger partial charge on any atom is -0.478 e. The van der Waals surface area contributed by atoms with Crippen LogP contribution in [-0.2, 0) is 24.0 Å². The third kappa shape index (κ3) is 6.44. The molecular weight excluding hydrogens is 440 g/mol. The average Bonchev–Trinajstić information content (AvgIpc) is 3.17. The van der Waals surface area contributed by atoms with Gasteiger partial charge in [0.2, 0.25) is 0 Å². The fourth-order valence-corrected chi connectivity index (χ4v) is 3.21. The zero-order valence-electron chi connectivity index (χ0n) is 17.8. The van der Waals surface area contributed by atoms with Gasteiger partial charge < -0.3 is 14.5 Å². The monoisotopic (exact) mass is 462 g/mol. The summed E-state index contributed by atoms with van der Waals surface area (Å²) >= 11 is 0. The van der Waals surface area contributed by atoms with Crippen molar-refractivity contribution in [2.24, 2.45) is 5.16 Å². The zero-order valence-corrected chi connectivity index (χ0v) is 17.8. The Bertz CT molecular complexity index is 1120. The Morgan fingerprint density at radius 3 is 2.30 bits per heavy atom. The largest absolute Gasteiger partial charge is 0.478 e. The predicted molar refractivity (Wildman–Crippen MR) is 115 cm³/mol. The van der Waals surface area contributed by atoms with Gasteiger partial charge in [0.1, 0.15) is 18.1 Å². The van der Waals surface area contributed by atoms with Crippen LogP contribution in [0.25, 0.3) is 0 Å². The molecule has 0 aliphatic carbocycles. The molecule has 0 radical (unpaired) electrons. The van der Waals surface area contributed by atoms with E-state index >= 15 is 0 Å². The number of benzene rings is 2. The molecule has 0 amide bonds. The van der Waals surface area contributed by atoms with Crippen molar-refractivity contribution in [2.45, 2.75) is 32.5 Å². The smallest absolute Gasteiger partial charge is 0.416 e. The molecule has 3 rings (SSSR count). The SMILES string of the molecule is CCCO/N=C(\Cn1cc(Cc2ccc(F)cc2)c(C(=O)O)c1)c1ccc(C(F)(F)F)cc1. The van der Waals surface area contributed by atoms with Crippen LogP contribution in [0.4, 0.5) is 17.6 Å². The summed E-state index contributed by atoms with van der Waals surface area (Å²) in [6.07, 6.45) is -0.431. The zero-order chi connectivity index (χ0) is 24.0. The molecule has 5 nitrogen and oxygen atoms in total. The molecule has 9 heteroatoms. The molecule has 1 heterocycles. The van der Waals surface area contributed by atoms with E-state index in [1.54, 1.807) is 22.9 Å². The molecular formula is C24H22F4N2O3. The summed E-state index contributed by atoms with van der Waals surface area (Å²) in [6.45, 7) is 2.30. The summed E-state index contributed by atoms with van der Waals surface area (Å²) in [5.41, 5.74) is 1.30. The summed E-state index contributed by atoms with van der Waals surface area (Å²) in [4.78, 5) is 17.0. The lowest BCUT2D eigenvalue weighted by Gasteiger charge is -2.11. The van der Waals surface area contributed by atoms with Crippen molar-refractivity contribution < 1.29 is 32.3 Å². The Hall–Kier alpha value is -3.62. The van der Waals surface area contributed by atoms with Crippen molar-refractivity contribution >= 4 is 11.7 Å². The van der Waals surface area contributed by atoms with E-state index in [9.17, 15) is 27.5 Å². The summed E-state index contributed by atoms with van der Waals surface area (Å²) in [7, 11) is 0. The van der Waals surface area contributed by atoms with Crippen LogP contribution in [0.5, 0.6) is 0 Å². The Kier molecular flexibility index (Phi) is 7.52. The summed E-state index contributed by atoms with van der Waals surface area (Å²) < 4.78 is 53.5. The number of halogens is 4. The topological polar surface area (TPSA) is 63.8 Å². The minimum atomic E-state index is -4.46. The summed E-state index contributed by atoms with van der Waals surface area (Å²) in [5.74, 6) is -1.51. The van der Waals surface area contributed by atoms with Gasteiger partial charge in [0.05, 0.1) is 17.7 Å². The van der Waals surface area contributed by atoms with Gasteiger partial charge in [-0.05, 0) is 48.2 Å². The van der Waals surface area contributed by atoms with Gasteiger partial charge in [-0.3, -0.25) is 0 Å². The number of oxime groups is 1. The van der Waals surface area contributed by atoms with Crippen molar-refractivity contribution in [3.8, 4) is 0 Å². The first-order valence-corrected chi connectivity index (χ1v) is 10.2. The Balaban J connectivity index is 1.89. The maximum Gasteiger partial charge on any atom is 0.416 e. The highest BCUT2D eigenvalue weighted by molar-refractivity contribution is 6.00. The average molecular weight is 462 g/mol. The minimum absolute atomic E-state index is 0.0700. The van der Waals surface area contributed by atoms with Crippen LogP contribution in [0.1, 0.15) is 46.0 Å². The molecule has 0 aliphatic rings. The number of rotatable bonds is 9. The Labute approximate surface area is 187 Å². The molecule has 0 aliphatic heterocycles. The van der Waals surface area contributed by atoms with Gasteiger partial charge >= 0.3 is 12.1 Å². The number of aromatic nitrogens is 1. The number of carboxylic acid groups (broad SMARTS) is 1. The quantitative estimate of drug-likeness (QED) is 0.190. The van der Waals surface area contributed by atoms with E-state index in [0.717, 1.165) is 17.7 Å². The fraction of sp³-hybridized carbons (Fsp3) is 0.250. The van der Waals surface area contributed by atoms with Crippen LogP contribution < -0.4 is 0 Å². The number of hydrogen-bond acceptors (Lipinski definition) is 3. The van der Waals surface area contributed by atoms with Crippen LogP contribution in [0, 0.1) is 5.82 Å². The van der Waals surface area contributed by atoms with Crippen LogP contribution in [0.15, 0.2) is 66.1 Å². The van der Waals surface area contributed by atoms with Gasteiger partial charge in [-0.1, -0.05) is 36.3 Å². The molecule has 1 aromatic heterocycles. The van der Waals surface area contributed by atoms with Crippen molar-refractivity contribution in [2.75, 3.05) is 6.61 Å². The molecule has 0 atom stereocenters. The van der Waals surface area contributed by atoms with Crippen LogP contribution >= 0.6 is 0 Å². The first kappa shape index (κ1) is 24.0. The number of carbonyl (C=O) groups is 1. The molecule has 33 heavy (non-hydrogen) atoms. The van der Waals surface area contributed by atoms with E-state index in [1.165, 1.54) is 30.5 Å². The number of alkyl halides is 3. The van der Waals surface area contributed by atoms with E-state index in [4.69, 9.17) is 4.84 Å². The lowest BCUT2D eigenvalue weighted by molar-refractivity contribution is -0.137. The van der Waals surface area contributed by atoms with Gasteiger partial charge in [-0.2, -0.15) is 13.2 Å². The van der Waals surface area contributed by atoms with Gasteiger partial charge in [0.25, 0.3) is 0 Å². The van der Waals surface area contributed by atoms with Gasteiger partial charge in [0.15, 0.2) is 0 Å².